The van der Waals surface area contributed by atoms with Gasteiger partial charge in [-0.15, -0.1) is 0 Å². The molecule has 5 aromatic rings. The van der Waals surface area contributed by atoms with E-state index in [0.717, 1.165) is 9.80 Å². The molecule has 526 valence electrons. The first kappa shape index (κ1) is 73.8. The Balaban J connectivity index is 1.19. The minimum atomic E-state index is -3.45. The molecular weight excluding hydrogens is 1290 g/mol. The normalized spacial score (nSPS) is 23.7. The highest BCUT2D eigenvalue weighted by Crippen LogP contribution is 2.33. The maximum atomic E-state index is 15.1. The highest BCUT2D eigenvalue weighted by molar-refractivity contribution is 6.00. The van der Waals surface area contributed by atoms with Crippen molar-refractivity contribution in [2.24, 2.45) is 5.73 Å². The van der Waals surface area contributed by atoms with E-state index >= 15 is 14.4 Å². The van der Waals surface area contributed by atoms with Crippen LogP contribution in [0.15, 0.2) is 109 Å². The van der Waals surface area contributed by atoms with Crippen molar-refractivity contribution in [1.29, 1.82) is 5.26 Å². The van der Waals surface area contributed by atoms with Crippen molar-refractivity contribution >= 4 is 81.9 Å². The SMILES string of the molecule is CN1C(=O)CNC(=O)[C@H](CCCCN)NC(=O)[C@H]2CCCN2C(=O)[C@H](CC(=O)O)NC(=O)[C@H](Cc2ccc(O)cc2)NC(=O)CNC(=O)[C@H](Cc2c[nH]c3ccccc23)NC(=O)[C@H](CCC(=O)N2CC(F)(F)C[C@H]2C#N)NC(=O)[C@H](Cc2ccc(O)cc2)NC(=O)[C@@H]1Cc1ccccc1. The molecule has 0 aliphatic carbocycles. The van der Waals surface area contributed by atoms with Crippen LogP contribution in [0, 0.1) is 11.3 Å². The van der Waals surface area contributed by atoms with E-state index in [1.54, 1.807) is 66.9 Å². The molecule has 0 unspecified atom stereocenters. The number of nitrogens with two attached hydrogens (primary N) is 1. The van der Waals surface area contributed by atoms with Crippen LogP contribution < -0.4 is 48.3 Å². The smallest absolute Gasteiger partial charge is 0.305 e. The number of benzene rings is 4. The van der Waals surface area contributed by atoms with Gasteiger partial charge >= 0.3 is 5.97 Å². The van der Waals surface area contributed by atoms with Gasteiger partial charge in [-0.2, -0.15) is 5.26 Å². The number of aliphatic carboxylic acids is 1. The number of aromatic amines is 1. The minimum absolute atomic E-state index is 0.0258. The van der Waals surface area contributed by atoms with Crippen LogP contribution in [0.2, 0.25) is 0 Å². The van der Waals surface area contributed by atoms with Crippen molar-refractivity contribution < 1.29 is 81.6 Å². The standard InChI is InChI=1S/C68H80F2N14O15/c1-82-55(30-39-10-3-2-4-11-39)66(98)80-51(29-41-18-22-45(86)23-19-41)64(96)77-49(24-25-57(88)84-38-68(69,70)33-43(84)34-72)62(94)79-52(31-42-35-73-47-13-6-5-12-46(42)47)61(93)74-36-56(87)76-50(28-40-16-20-44(85)21-17-40)63(95)81-53(32-59(90)91)67(99)83-27-9-15-54(83)65(97)78-48(14-7-8-26-71)60(92)75-37-58(82)89/h2-6,10-13,16-23,35,43,48-55,73,85-86H,7-9,14-15,24-33,36-38,71H2,1H3,(H,74,93)(H,75,92)(H,76,87)(H,77,96)(H,78,97)(H,79,94)(H,80,98)(H,81,95)(H,90,91)/t43-,48-,49-,50-,51-,52-,53-,54+,55-/m0/s1. The number of nitriles is 1. The molecule has 0 radical (unpaired) electrons. The third-order valence-corrected chi connectivity index (χ3v) is 17.5. The highest BCUT2D eigenvalue weighted by Gasteiger charge is 2.48. The number of alkyl halides is 2. The lowest BCUT2D eigenvalue weighted by Gasteiger charge is -2.31. The number of amides is 11. The molecule has 14 N–H and O–H groups in total. The summed E-state index contributed by atoms with van der Waals surface area (Å²) < 4.78 is 29.6. The number of carboxylic acids is 1. The first-order chi connectivity index (χ1) is 47.3. The Hall–Kier alpha value is -11.0. The van der Waals surface area contributed by atoms with Gasteiger partial charge in [-0.05, 0) is 97.7 Å². The average molecular weight is 1370 g/mol. The van der Waals surface area contributed by atoms with Crippen LogP contribution in [0.3, 0.4) is 0 Å². The number of para-hydroxylation sites is 1. The molecule has 0 bridgehead atoms. The zero-order chi connectivity index (χ0) is 71.5. The fraction of sp³-hybridized carbons (Fsp3) is 0.426. The van der Waals surface area contributed by atoms with E-state index in [1.165, 1.54) is 55.6 Å². The molecule has 3 saturated heterocycles. The maximum Gasteiger partial charge on any atom is 0.305 e. The third-order valence-electron chi connectivity index (χ3n) is 17.5. The van der Waals surface area contributed by atoms with E-state index in [1.807, 2.05) is 0 Å². The number of carbonyl (C=O) groups excluding carboxylic acids is 11. The van der Waals surface area contributed by atoms with Crippen LogP contribution in [0.5, 0.6) is 11.5 Å². The molecular formula is C68H80F2N14O15. The van der Waals surface area contributed by atoms with E-state index in [2.05, 4.69) is 47.5 Å². The van der Waals surface area contributed by atoms with Gasteiger partial charge in [-0.25, -0.2) is 8.78 Å². The number of likely N-dealkylation sites (N-methyl/N-ethyl adjacent to an activating group) is 1. The van der Waals surface area contributed by atoms with E-state index in [4.69, 9.17) is 5.73 Å². The molecule has 4 aromatic carbocycles. The average Bonchev–Trinajstić information content (AvgIpc) is 1.58. The number of nitrogens with one attached hydrogen (secondary N) is 9. The number of hydrogen-bond donors (Lipinski definition) is 13. The van der Waals surface area contributed by atoms with E-state index in [0.29, 0.717) is 44.5 Å². The number of nitrogens with zero attached hydrogens (tertiary/aromatic N) is 4. The lowest BCUT2D eigenvalue weighted by Crippen LogP contribution is -2.60. The molecule has 3 aliphatic rings. The fourth-order valence-electron chi connectivity index (χ4n) is 12.1. The number of aromatic hydroxyl groups is 2. The number of fused-ring (bicyclic) bond motifs is 2. The molecule has 31 heteroatoms. The van der Waals surface area contributed by atoms with E-state index in [-0.39, 0.29) is 76.0 Å². The van der Waals surface area contributed by atoms with Gasteiger partial charge in [-0.1, -0.05) is 72.8 Å². The second-order valence-corrected chi connectivity index (χ2v) is 24.7. The topological polar surface area (TPSA) is 437 Å². The second-order valence-electron chi connectivity index (χ2n) is 24.7. The summed E-state index contributed by atoms with van der Waals surface area (Å²) in [6.45, 7) is -2.74. The molecule has 8 rings (SSSR count). The number of aromatic nitrogens is 1. The Morgan fingerprint density at radius 1 is 0.626 bits per heavy atom. The largest absolute Gasteiger partial charge is 0.508 e. The number of phenolic OH excluding ortho intramolecular Hbond substituents is 2. The van der Waals surface area contributed by atoms with Crippen molar-refractivity contribution in [1.82, 2.24) is 62.2 Å². The van der Waals surface area contributed by atoms with Gasteiger partial charge in [0.25, 0.3) is 5.92 Å². The molecule has 29 nitrogen and oxygen atoms in total. The van der Waals surface area contributed by atoms with Crippen molar-refractivity contribution in [3.05, 3.63) is 132 Å². The van der Waals surface area contributed by atoms with Gasteiger partial charge in [0, 0.05) is 69.2 Å². The summed E-state index contributed by atoms with van der Waals surface area (Å²) in [5.41, 5.74) is 8.02. The van der Waals surface area contributed by atoms with Crippen molar-refractivity contribution in [2.45, 2.75) is 144 Å². The van der Waals surface area contributed by atoms with Gasteiger partial charge in [-0.3, -0.25) is 57.5 Å². The number of H-pyrrole nitrogens is 1. The first-order valence-electron chi connectivity index (χ1n) is 32.4. The van der Waals surface area contributed by atoms with Crippen molar-refractivity contribution in [2.75, 3.05) is 39.8 Å². The molecule has 4 heterocycles. The van der Waals surface area contributed by atoms with Crippen molar-refractivity contribution in [3.8, 4) is 17.6 Å². The summed E-state index contributed by atoms with van der Waals surface area (Å²) in [5.74, 6) is -16.3. The first-order valence-corrected chi connectivity index (χ1v) is 32.4. The predicted octanol–water partition coefficient (Wildman–Crippen LogP) is -0.0338. The minimum Gasteiger partial charge on any atom is -0.508 e. The summed E-state index contributed by atoms with van der Waals surface area (Å²) in [6, 6.07) is 13.3. The van der Waals surface area contributed by atoms with Gasteiger partial charge in [0.05, 0.1) is 32.1 Å². The van der Waals surface area contributed by atoms with Crippen LogP contribution >= 0.6 is 0 Å². The number of unbranched alkanes of at least 4 members (excludes halogenated alkanes) is 1. The molecule has 99 heavy (non-hydrogen) atoms. The molecule has 0 spiro atoms. The highest BCUT2D eigenvalue weighted by atomic mass is 19.3. The Bertz CT molecular complexity index is 3820. The van der Waals surface area contributed by atoms with Crippen LogP contribution in [-0.4, -0.2) is 206 Å². The molecule has 0 saturated carbocycles. The van der Waals surface area contributed by atoms with Gasteiger partial charge in [0.15, 0.2) is 0 Å². The number of carboxylic acid groups (broad SMARTS) is 1. The quantitative estimate of drug-likeness (QED) is 0.0544. The molecule has 3 aliphatic heterocycles. The number of hydrogen-bond acceptors (Lipinski definition) is 16. The van der Waals surface area contributed by atoms with E-state index < -0.39 is 177 Å². The summed E-state index contributed by atoms with van der Waals surface area (Å²) in [7, 11) is 1.27. The lowest BCUT2D eigenvalue weighted by atomic mass is 10.0. The third kappa shape index (κ3) is 20.5. The van der Waals surface area contributed by atoms with Gasteiger partial charge in [0.1, 0.15) is 65.9 Å². The Labute approximate surface area is 567 Å². The summed E-state index contributed by atoms with van der Waals surface area (Å²) >= 11 is 0. The summed E-state index contributed by atoms with van der Waals surface area (Å²) in [6.07, 6.45) is -2.25. The second kappa shape index (κ2) is 34.3. The zero-order valence-corrected chi connectivity index (χ0v) is 54.2. The number of likely N-dealkylation sites (tertiary alicyclic amines) is 1. The number of phenols is 2. The van der Waals surface area contributed by atoms with Gasteiger partial charge < -0.3 is 83.3 Å². The number of rotatable bonds is 17. The van der Waals surface area contributed by atoms with Crippen LogP contribution in [-0.2, 0) is 83.2 Å². The Kier molecular flexibility index (Phi) is 25.5. The monoisotopic (exact) mass is 1370 g/mol. The fourth-order valence-corrected chi connectivity index (χ4v) is 12.1. The summed E-state index contributed by atoms with van der Waals surface area (Å²) in [4.78, 5) is 178. The Morgan fingerprint density at radius 3 is 1.82 bits per heavy atom. The van der Waals surface area contributed by atoms with Crippen molar-refractivity contribution in [3.63, 3.8) is 0 Å². The molecule has 11 amide bonds. The van der Waals surface area contributed by atoms with Gasteiger partial charge in [0.2, 0.25) is 65.0 Å². The zero-order valence-electron chi connectivity index (χ0n) is 54.2. The van der Waals surface area contributed by atoms with Crippen LogP contribution in [0.4, 0.5) is 8.78 Å². The maximum absolute atomic E-state index is 15.1. The Morgan fingerprint density at radius 2 is 1.17 bits per heavy atom. The molecule has 1 aromatic heterocycles. The van der Waals surface area contributed by atoms with E-state index in [9.17, 15) is 72.5 Å². The molecule has 3 fully saturated rings. The molecule has 9 atom stereocenters. The number of carbonyl (C=O) groups is 12. The summed E-state index contributed by atoms with van der Waals surface area (Å²) in [5, 5.41) is 61.3. The predicted molar refractivity (Wildman–Crippen MR) is 350 cm³/mol. The number of halogens is 2. The van der Waals surface area contributed by atoms with Crippen LogP contribution in [0.25, 0.3) is 10.9 Å². The lowest BCUT2D eigenvalue weighted by molar-refractivity contribution is -0.146. The van der Waals surface area contributed by atoms with Crippen LogP contribution in [0.1, 0.15) is 80.0 Å².